The van der Waals surface area contributed by atoms with Gasteiger partial charge in [-0.2, -0.15) is 0 Å². The maximum absolute atomic E-state index is 5.44. The lowest BCUT2D eigenvalue weighted by Gasteiger charge is -2.29. The van der Waals surface area contributed by atoms with E-state index in [0.717, 1.165) is 29.4 Å². The van der Waals surface area contributed by atoms with Gasteiger partial charge in [-0.1, -0.05) is 6.42 Å². The van der Waals surface area contributed by atoms with E-state index in [1.54, 1.807) is 13.4 Å². The highest BCUT2D eigenvalue weighted by molar-refractivity contribution is 5.63. The minimum atomic E-state index is 0.429. The first-order valence-corrected chi connectivity index (χ1v) is 7.56. The Morgan fingerprint density at radius 2 is 2.05 bits per heavy atom. The van der Waals surface area contributed by atoms with Crippen LogP contribution in [-0.2, 0) is 0 Å². The second-order valence-electron chi connectivity index (χ2n) is 6.13. The second-order valence-corrected chi connectivity index (χ2v) is 6.13. The SMILES string of the molecule is CNc1ncnc(NC(C)C2CC3CCC2C3)c1OC. The van der Waals surface area contributed by atoms with E-state index >= 15 is 0 Å². The molecule has 110 valence electrons. The van der Waals surface area contributed by atoms with E-state index in [-0.39, 0.29) is 0 Å². The summed E-state index contributed by atoms with van der Waals surface area (Å²) in [5.41, 5.74) is 0. The van der Waals surface area contributed by atoms with Crippen molar-refractivity contribution in [3.63, 3.8) is 0 Å². The van der Waals surface area contributed by atoms with Crippen molar-refractivity contribution in [2.75, 3.05) is 24.8 Å². The highest BCUT2D eigenvalue weighted by Crippen LogP contribution is 2.50. The molecule has 1 aromatic rings. The van der Waals surface area contributed by atoms with Crippen LogP contribution in [0, 0.1) is 17.8 Å². The summed E-state index contributed by atoms with van der Waals surface area (Å²) in [5, 5.41) is 6.59. The van der Waals surface area contributed by atoms with Crippen molar-refractivity contribution < 1.29 is 4.74 Å². The monoisotopic (exact) mass is 276 g/mol. The van der Waals surface area contributed by atoms with E-state index in [1.807, 2.05) is 7.05 Å². The summed E-state index contributed by atoms with van der Waals surface area (Å²) in [6, 6.07) is 0.429. The quantitative estimate of drug-likeness (QED) is 0.866. The van der Waals surface area contributed by atoms with Gasteiger partial charge in [0.1, 0.15) is 6.33 Å². The van der Waals surface area contributed by atoms with Crippen LogP contribution < -0.4 is 15.4 Å². The Morgan fingerprint density at radius 1 is 1.25 bits per heavy atom. The average molecular weight is 276 g/mol. The number of fused-ring (bicyclic) bond motifs is 2. The smallest absolute Gasteiger partial charge is 0.204 e. The molecule has 4 atom stereocenters. The molecule has 3 rings (SSSR count). The zero-order chi connectivity index (χ0) is 14.1. The summed E-state index contributed by atoms with van der Waals surface area (Å²) < 4.78 is 5.44. The summed E-state index contributed by atoms with van der Waals surface area (Å²) in [6.45, 7) is 2.27. The largest absolute Gasteiger partial charge is 0.490 e. The van der Waals surface area contributed by atoms with Crippen LogP contribution in [-0.4, -0.2) is 30.2 Å². The first-order chi connectivity index (χ1) is 9.72. The van der Waals surface area contributed by atoms with Gasteiger partial charge in [0.15, 0.2) is 11.6 Å². The standard InChI is InChI=1S/C15H24N4O/c1-9(12-7-10-4-5-11(12)6-10)19-15-13(20-3)14(16-2)17-8-18-15/h8-12H,4-7H2,1-3H3,(H2,16,17,18,19). The fraction of sp³-hybridized carbons (Fsp3) is 0.733. The lowest BCUT2D eigenvalue weighted by atomic mass is 9.84. The molecule has 5 heteroatoms. The van der Waals surface area contributed by atoms with E-state index in [1.165, 1.54) is 25.7 Å². The molecule has 2 aliphatic rings. The number of nitrogens with zero attached hydrogens (tertiary/aromatic N) is 2. The molecule has 0 radical (unpaired) electrons. The van der Waals surface area contributed by atoms with Crippen LogP contribution in [0.2, 0.25) is 0 Å². The Bertz CT molecular complexity index is 479. The zero-order valence-corrected chi connectivity index (χ0v) is 12.5. The highest BCUT2D eigenvalue weighted by atomic mass is 16.5. The van der Waals surface area contributed by atoms with E-state index in [0.29, 0.717) is 11.8 Å². The van der Waals surface area contributed by atoms with Gasteiger partial charge in [-0.3, -0.25) is 0 Å². The van der Waals surface area contributed by atoms with Gasteiger partial charge >= 0.3 is 0 Å². The van der Waals surface area contributed by atoms with Crippen molar-refractivity contribution in [3.8, 4) is 5.75 Å². The van der Waals surface area contributed by atoms with Gasteiger partial charge in [-0.05, 0) is 43.9 Å². The Hall–Kier alpha value is -1.52. The molecule has 0 aromatic carbocycles. The fourth-order valence-electron chi connectivity index (χ4n) is 4.08. The topological polar surface area (TPSA) is 59.1 Å². The Labute approximate surface area is 120 Å². The molecule has 2 N–H and O–H groups in total. The van der Waals surface area contributed by atoms with Crippen molar-refractivity contribution in [1.29, 1.82) is 0 Å². The van der Waals surface area contributed by atoms with Crippen LogP contribution in [0.25, 0.3) is 0 Å². The normalized spacial score (nSPS) is 29.2. The first kappa shape index (κ1) is 13.5. The lowest BCUT2D eigenvalue weighted by molar-refractivity contribution is 0.303. The van der Waals surface area contributed by atoms with E-state index in [9.17, 15) is 0 Å². The number of ether oxygens (including phenoxy) is 1. The average Bonchev–Trinajstić information content (AvgIpc) is 3.09. The summed E-state index contributed by atoms with van der Waals surface area (Å²) in [6.07, 6.45) is 7.22. The predicted molar refractivity (Wildman–Crippen MR) is 80.2 cm³/mol. The van der Waals surface area contributed by atoms with Gasteiger partial charge in [-0.25, -0.2) is 9.97 Å². The molecule has 0 amide bonds. The lowest BCUT2D eigenvalue weighted by Crippen LogP contribution is -2.30. The Morgan fingerprint density at radius 3 is 2.65 bits per heavy atom. The number of methoxy groups -OCH3 is 1. The molecule has 1 aromatic heterocycles. The zero-order valence-electron chi connectivity index (χ0n) is 12.5. The van der Waals surface area contributed by atoms with Crippen LogP contribution in [0.15, 0.2) is 6.33 Å². The molecule has 5 nitrogen and oxygen atoms in total. The van der Waals surface area contributed by atoms with Gasteiger partial charge in [0, 0.05) is 13.1 Å². The second kappa shape index (κ2) is 5.46. The van der Waals surface area contributed by atoms with Crippen LogP contribution in [0.5, 0.6) is 5.75 Å². The van der Waals surface area contributed by atoms with Gasteiger partial charge in [0.25, 0.3) is 0 Å². The van der Waals surface area contributed by atoms with Crippen LogP contribution in [0.1, 0.15) is 32.6 Å². The van der Waals surface area contributed by atoms with Crippen molar-refractivity contribution in [3.05, 3.63) is 6.33 Å². The van der Waals surface area contributed by atoms with E-state index in [4.69, 9.17) is 4.74 Å². The summed E-state index contributed by atoms with van der Waals surface area (Å²) >= 11 is 0. The van der Waals surface area contributed by atoms with E-state index < -0.39 is 0 Å². The minimum Gasteiger partial charge on any atom is -0.490 e. The van der Waals surface area contributed by atoms with Crippen LogP contribution in [0.4, 0.5) is 11.6 Å². The minimum absolute atomic E-state index is 0.429. The Kier molecular flexibility index (Phi) is 3.68. The molecule has 1 heterocycles. The third kappa shape index (κ3) is 2.30. The summed E-state index contributed by atoms with van der Waals surface area (Å²) in [7, 11) is 3.50. The molecule has 0 saturated heterocycles. The summed E-state index contributed by atoms with van der Waals surface area (Å²) in [4.78, 5) is 8.53. The molecule has 0 spiro atoms. The number of anilines is 2. The Balaban J connectivity index is 1.74. The number of hydrogen-bond acceptors (Lipinski definition) is 5. The molecular weight excluding hydrogens is 252 g/mol. The predicted octanol–water partition coefficient (Wildman–Crippen LogP) is 2.76. The number of nitrogens with one attached hydrogen (secondary N) is 2. The van der Waals surface area contributed by atoms with Crippen molar-refractivity contribution in [1.82, 2.24) is 9.97 Å². The van der Waals surface area contributed by atoms with E-state index in [2.05, 4.69) is 27.5 Å². The highest BCUT2D eigenvalue weighted by Gasteiger charge is 2.42. The van der Waals surface area contributed by atoms with Crippen LogP contribution in [0.3, 0.4) is 0 Å². The van der Waals surface area contributed by atoms with Crippen molar-refractivity contribution >= 4 is 11.6 Å². The molecular formula is C15H24N4O. The van der Waals surface area contributed by atoms with Crippen LogP contribution >= 0.6 is 0 Å². The molecule has 2 saturated carbocycles. The fourth-order valence-corrected chi connectivity index (χ4v) is 4.08. The van der Waals surface area contributed by atoms with Gasteiger partial charge in [0.2, 0.25) is 5.75 Å². The number of aromatic nitrogens is 2. The molecule has 20 heavy (non-hydrogen) atoms. The maximum atomic E-state index is 5.44. The van der Waals surface area contributed by atoms with Gasteiger partial charge in [0.05, 0.1) is 7.11 Å². The molecule has 2 aliphatic carbocycles. The van der Waals surface area contributed by atoms with Crippen molar-refractivity contribution in [2.24, 2.45) is 17.8 Å². The van der Waals surface area contributed by atoms with Gasteiger partial charge < -0.3 is 15.4 Å². The number of hydrogen-bond donors (Lipinski definition) is 2. The van der Waals surface area contributed by atoms with Gasteiger partial charge in [-0.15, -0.1) is 0 Å². The van der Waals surface area contributed by atoms with Crippen molar-refractivity contribution in [2.45, 2.75) is 38.6 Å². The maximum Gasteiger partial charge on any atom is 0.204 e. The summed E-state index contributed by atoms with van der Waals surface area (Å²) in [5.74, 6) is 4.86. The molecule has 0 aliphatic heterocycles. The number of rotatable bonds is 5. The molecule has 2 fully saturated rings. The third-order valence-corrected chi connectivity index (χ3v) is 5.04. The first-order valence-electron chi connectivity index (χ1n) is 7.56. The third-order valence-electron chi connectivity index (χ3n) is 5.04. The molecule has 2 bridgehead atoms. The molecule has 4 unspecified atom stereocenters.